The largest absolute Gasteiger partial charge is 0.376 e. The topological polar surface area (TPSA) is 104 Å². The number of carbonyl (C=O) groups is 1. The zero-order valence-corrected chi connectivity index (χ0v) is 15.0. The molecule has 1 aliphatic heterocycles. The molecule has 1 amide bonds. The van der Waals surface area contributed by atoms with Crippen LogP contribution in [0.5, 0.6) is 0 Å². The van der Waals surface area contributed by atoms with Crippen LogP contribution >= 0.6 is 0 Å². The Morgan fingerprint density at radius 1 is 1.33 bits per heavy atom. The van der Waals surface area contributed by atoms with E-state index in [9.17, 15) is 9.59 Å². The van der Waals surface area contributed by atoms with Gasteiger partial charge in [0.05, 0.1) is 11.8 Å². The summed E-state index contributed by atoms with van der Waals surface area (Å²) in [5.74, 6) is -0.264. The lowest BCUT2D eigenvalue weighted by molar-refractivity contribution is -0.122. The van der Waals surface area contributed by atoms with E-state index in [0.29, 0.717) is 12.2 Å². The van der Waals surface area contributed by atoms with Crippen LogP contribution in [0.3, 0.4) is 0 Å². The van der Waals surface area contributed by atoms with Gasteiger partial charge in [0.25, 0.3) is 5.56 Å². The lowest BCUT2D eigenvalue weighted by Crippen LogP contribution is -2.36. The summed E-state index contributed by atoms with van der Waals surface area (Å²) in [5, 5.41) is 10.8. The molecule has 1 atom stereocenters. The molecule has 2 aromatic heterocycles. The van der Waals surface area contributed by atoms with Crippen LogP contribution in [0.25, 0.3) is 16.9 Å². The average Bonchev–Trinajstić information content (AvgIpc) is 3.33. The lowest BCUT2D eigenvalue weighted by atomic mass is 10.2. The van der Waals surface area contributed by atoms with Gasteiger partial charge in [-0.25, -0.2) is 4.98 Å². The van der Waals surface area contributed by atoms with E-state index >= 15 is 0 Å². The number of rotatable bonds is 5. The third-order valence-electron chi connectivity index (χ3n) is 4.57. The van der Waals surface area contributed by atoms with Crippen LogP contribution in [-0.2, 0) is 16.1 Å². The van der Waals surface area contributed by atoms with E-state index in [4.69, 9.17) is 4.74 Å². The van der Waals surface area contributed by atoms with Crippen LogP contribution in [-0.4, -0.2) is 49.7 Å². The molecule has 9 nitrogen and oxygen atoms in total. The summed E-state index contributed by atoms with van der Waals surface area (Å²) in [6, 6.07) is 7.66. The molecule has 0 radical (unpaired) electrons. The molecule has 3 aromatic rings. The fraction of sp³-hybridized carbons (Fsp3) is 0.389. The Morgan fingerprint density at radius 3 is 2.89 bits per heavy atom. The van der Waals surface area contributed by atoms with Crippen molar-refractivity contribution >= 4 is 17.1 Å². The molecule has 9 heteroatoms. The van der Waals surface area contributed by atoms with Gasteiger partial charge in [0.2, 0.25) is 5.91 Å². The van der Waals surface area contributed by atoms with Crippen LogP contribution in [0.15, 0.2) is 35.4 Å². The van der Waals surface area contributed by atoms with Crippen molar-refractivity contribution in [3.63, 3.8) is 0 Å². The fourth-order valence-corrected chi connectivity index (χ4v) is 3.06. The lowest BCUT2D eigenvalue weighted by Gasteiger charge is -2.11. The second-order valence-electron chi connectivity index (χ2n) is 6.63. The fourth-order valence-electron chi connectivity index (χ4n) is 3.06. The van der Waals surface area contributed by atoms with Gasteiger partial charge in [-0.15, -0.1) is 5.10 Å². The second kappa shape index (κ2) is 7.28. The molecule has 27 heavy (non-hydrogen) atoms. The van der Waals surface area contributed by atoms with Crippen molar-refractivity contribution in [2.24, 2.45) is 0 Å². The molecule has 0 aliphatic carbocycles. The van der Waals surface area contributed by atoms with Gasteiger partial charge >= 0.3 is 0 Å². The predicted octanol–water partition coefficient (Wildman–Crippen LogP) is 0.581. The van der Waals surface area contributed by atoms with Crippen molar-refractivity contribution in [3.05, 3.63) is 46.5 Å². The number of hydrogen-bond donors (Lipinski definition) is 1. The third kappa shape index (κ3) is 3.59. The Morgan fingerprint density at radius 2 is 2.15 bits per heavy atom. The normalized spacial score (nSPS) is 16.7. The first kappa shape index (κ1) is 17.3. The van der Waals surface area contributed by atoms with E-state index in [2.05, 4.69) is 20.6 Å². The molecular formula is C18H20N6O3. The standard InChI is InChI=1S/C18H20N6O3/c1-12-4-6-13(7-5-12)24-17-16(21-22-24)18(26)23(11-20-17)10-15(25)19-9-14-3-2-8-27-14/h4-7,11,14H,2-3,8-10H2,1H3,(H,19,25)/t14-/m1/s1. The molecule has 1 saturated heterocycles. The SMILES string of the molecule is Cc1ccc(-n2nnc3c(=O)n(CC(=O)NC[C@H]4CCCO4)cnc32)cc1. The summed E-state index contributed by atoms with van der Waals surface area (Å²) in [6.07, 6.45) is 3.36. The minimum Gasteiger partial charge on any atom is -0.376 e. The predicted molar refractivity (Wildman–Crippen MR) is 97.6 cm³/mol. The number of nitrogens with zero attached hydrogens (tertiary/aromatic N) is 5. The summed E-state index contributed by atoms with van der Waals surface area (Å²) < 4.78 is 8.22. The van der Waals surface area contributed by atoms with Crippen LogP contribution in [0.2, 0.25) is 0 Å². The second-order valence-corrected chi connectivity index (χ2v) is 6.63. The first-order valence-electron chi connectivity index (χ1n) is 8.88. The van der Waals surface area contributed by atoms with E-state index in [1.807, 2.05) is 31.2 Å². The van der Waals surface area contributed by atoms with E-state index < -0.39 is 5.56 Å². The number of nitrogens with one attached hydrogen (secondary N) is 1. The van der Waals surface area contributed by atoms with Crippen molar-refractivity contribution in [2.45, 2.75) is 32.4 Å². The zero-order valence-electron chi connectivity index (χ0n) is 15.0. The highest BCUT2D eigenvalue weighted by Gasteiger charge is 2.18. The number of benzene rings is 1. The maximum atomic E-state index is 12.6. The van der Waals surface area contributed by atoms with Gasteiger partial charge in [-0.3, -0.25) is 14.2 Å². The van der Waals surface area contributed by atoms with Gasteiger partial charge in [-0.2, -0.15) is 4.68 Å². The number of ether oxygens (including phenoxy) is 1. The Hall–Kier alpha value is -3.07. The molecule has 1 fully saturated rings. The molecule has 1 aromatic carbocycles. The van der Waals surface area contributed by atoms with Crippen molar-refractivity contribution in [1.29, 1.82) is 0 Å². The number of aryl methyl sites for hydroxylation is 1. The highest BCUT2D eigenvalue weighted by molar-refractivity contribution is 5.76. The summed E-state index contributed by atoms with van der Waals surface area (Å²) >= 11 is 0. The highest BCUT2D eigenvalue weighted by atomic mass is 16.5. The molecule has 0 unspecified atom stereocenters. The average molecular weight is 368 g/mol. The molecular weight excluding hydrogens is 348 g/mol. The summed E-state index contributed by atoms with van der Waals surface area (Å²) in [6.45, 7) is 3.06. The number of amides is 1. The quantitative estimate of drug-likeness (QED) is 0.707. The number of aromatic nitrogens is 5. The minimum absolute atomic E-state index is 0.0562. The van der Waals surface area contributed by atoms with Crippen molar-refractivity contribution < 1.29 is 9.53 Å². The monoisotopic (exact) mass is 368 g/mol. The van der Waals surface area contributed by atoms with E-state index in [0.717, 1.165) is 30.7 Å². The first-order chi connectivity index (χ1) is 13.1. The van der Waals surface area contributed by atoms with E-state index in [-0.39, 0.29) is 24.1 Å². The highest BCUT2D eigenvalue weighted by Crippen LogP contribution is 2.13. The molecule has 1 aliphatic rings. The van der Waals surface area contributed by atoms with Crippen molar-refractivity contribution in [3.8, 4) is 5.69 Å². The Bertz CT molecular complexity index is 1020. The summed E-state index contributed by atoms with van der Waals surface area (Å²) in [4.78, 5) is 29.0. The van der Waals surface area contributed by atoms with E-state index in [1.54, 1.807) is 0 Å². The number of carbonyl (C=O) groups excluding carboxylic acids is 1. The van der Waals surface area contributed by atoms with Crippen LogP contribution < -0.4 is 10.9 Å². The molecule has 4 rings (SSSR count). The molecule has 3 heterocycles. The van der Waals surface area contributed by atoms with Gasteiger partial charge in [0.15, 0.2) is 11.2 Å². The van der Waals surface area contributed by atoms with Gasteiger partial charge in [-0.05, 0) is 31.9 Å². The Balaban J connectivity index is 1.53. The summed E-state index contributed by atoms with van der Waals surface area (Å²) in [7, 11) is 0. The van der Waals surface area contributed by atoms with Crippen LogP contribution in [0, 0.1) is 6.92 Å². The first-order valence-corrected chi connectivity index (χ1v) is 8.88. The summed E-state index contributed by atoms with van der Waals surface area (Å²) in [5.41, 5.74) is 1.98. The number of fused-ring (bicyclic) bond motifs is 1. The van der Waals surface area contributed by atoms with Gasteiger partial charge in [0.1, 0.15) is 12.9 Å². The molecule has 0 spiro atoms. The van der Waals surface area contributed by atoms with E-state index in [1.165, 1.54) is 15.6 Å². The van der Waals surface area contributed by atoms with Crippen LogP contribution in [0.1, 0.15) is 18.4 Å². The van der Waals surface area contributed by atoms with Crippen LogP contribution in [0.4, 0.5) is 0 Å². The van der Waals surface area contributed by atoms with Crippen molar-refractivity contribution in [1.82, 2.24) is 29.9 Å². The number of hydrogen-bond acceptors (Lipinski definition) is 6. The molecule has 140 valence electrons. The Labute approximate surface area is 155 Å². The van der Waals surface area contributed by atoms with Crippen molar-refractivity contribution in [2.75, 3.05) is 13.2 Å². The maximum Gasteiger partial charge on any atom is 0.284 e. The minimum atomic E-state index is -0.398. The maximum absolute atomic E-state index is 12.6. The zero-order chi connectivity index (χ0) is 18.8. The van der Waals surface area contributed by atoms with Gasteiger partial charge < -0.3 is 10.1 Å². The molecule has 0 saturated carbocycles. The molecule has 1 N–H and O–H groups in total. The smallest absolute Gasteiger partial charge is 0.284 e. The third-order valence-corrected chi connectivity index (χ3v) is 4.57. The molecule has 0 bridgehead atoms. The Kier molecular flexibility index (Phi) is 4.68. The van der Waals surface area contributed by atoms with Gasteiger partial charge in [0, 0.05) is 13.2 Å². The van der Waals surface area contributed by atoms with Gasteiger partial charge in [-0.1, -0.05) is 22.9 Å².